The fourth-order valence-electron chi connectivity index (χ4n) is 2.49. The van der Waals surface area contributed by atoms with E-state index in [-0.39, 0.29) is 5.91 Å². The van der Waals surface area contributed by atoms with Crippen LogP contribution in [0.15, 0.2) is 12.4 Å². The van der Waals surface area contributed by atoms with E-state index < -0.39 is 0 Å². The zero-order valence-electron chi connectivity index (χ0n) is 11.7. The van der Waals surface area contributed by atoms with Crippen LogP contribution < -0.4 is 10.6 Å². The largest absolute Gasteiger partial charge is 0.354 e. The maximum atomic E-state index is 11.7. The summed E-state index contributed by atoms with van der Waals surface area (Å²) in [4.78, 5) is 11.7. The molecule has 0 bridgehead atoms. The second-order valence-corrected chi connectivity index (χ2v) is 5.36. The van der Waals surface area contributed by atoms with Gasteiger partial charge < -0.3 is 10.6 Å². The van der Waals surface area contributed by atoms with Crippen molar-refractivity contribution in [3.8, 4) is 0 Å². The SMILES string of the molecule is Cc1cnn(CCNC(=O)CCC2CCNCC2)c1. The molecule has 2 heterocycles. The van der Waals surface area contributed by atoms with Crippen LogP contribution in [0.2, 0.25) is 0 Å². The average molecular weight is 264 g/mol. The lowest BCUT2D eigenvalue weighted by Gasteiger charge is -2.22. The Hall–Kier alpha value is -1.36. The molecule has 1 aromatic rings. The monoisotopic (exact) mass is 264 g/mol. The van der Waals surface area contributed by atoms with Crippen LogP contribution in [0.3, 0.4) is 0 Å². The molecule has 2 rings (SSSR count). The first-order chi connectivity index (χ1) is 9.24. The zero-order chi connectivity index (χ0) is 13.5. The van der Waals surface area contributed by atoms with Crippen molar-refractivity contribution in [3.63, 3.8) is 0 Å². The summed E-state index contributed by atoms with van der Waals surface area (Å²) in [6.07, 6.45) is 7.91. The summed E-state index contributed by atoms with van der Waals surface area (Å²) in [5.41, 5.74) is 1.15. The molecular weight excluding hydrogens is 240 g/mol. The number of carbonyl (C=O) groups is 1. The van der Waals surface area contributed by atoms with Crippen LogP contribution in [0.5, 0.6) is 0 Å². The van der Waals surface area contributed by atoms with E-state index in [0.29, 0.717) is 13.0 Å². The smallest absolute Gasteiger partial charge is 0.220 e. The van der Waals surface area contributed by atoms with Gasteiger partial charge in [-0.25, -0.2) is 0 Å². The van der Waals surface area contributed by atoms with Gasteiger partial charge in [-0.3, -0.25) is 9.48 Å². The molecule has 0 aliphatic carbocycles. The molecule has 5 nitrogen and oxygen atoms in total. The Morgan fingerprint density at radius 2 is 2.32 bits per heavy atom. The van der Waals surface area contributed by atoms with E-state index >= 15 is 0 Å². The number of carbonyl (C=O) groups excluding carboxylic acids is 1. The van der Waals surface area contributed by atoms with Crippen LogP contribution in [0.25, 0.3) is 0 Å². The van der Waals surface area contributed by atoms with Gasteiger partial charge in [0.1, 0.15) is 0 Å². The number of hydrogen-bond acceptors (Lipinski definition) is 3. The molecule has 1 saturated heterocycles. The molecule has 1 amide bonds. The summed E-state index contributed by atoms with van der Waals surface area (Å²) in [6, 6.07) is 0. The summed E-state index contributed by atoms with van der Waals surface area (Å²) in [7, 11) is 0. The van der Waals surface area contributed by atoms with E-state index in [4.69, 9.17) is 0 Å². The number of rotatable bonds is 6. The first-order valence-electron chi connectivity index (χ1n) is 7.20. The van der Waals surface area contributed by atoms with Crippen LogP contribution >= 0.6 is 0 Å². The summed E-state index contributed by atoms with van der Waals surface area (Å²) in [5.74, 6) is 0.892. The van der Waals surface area contributed by atoms with Gasteiger partial charge in [-0.15, -0.1) is 0 Å². The van der Waals surface area contributed by atoms with Gasteiger partial charge >= 0.3 is 0 Å². The Labute approximate surface area is 114 Å². The Balaban J connectivity index is 1.56. The topological polar surface area (TPSA) is 59.0 Å². The van der Waals surface area contributed by atoms with E-state index in [0.717, 1.165) is 37.5 Å². The van der Waals surface area contributed by atoms with E-state index in [1.807, 2.05) is 24.0 Å². The number of amides is 1. The van der Waals surface area contributed by atoms with Crippen molar-refractivity contribution in [1.82, 2.24) is 20.4 Å². The van der Waals surface area contributed by atoms with Gasteiger partial charge in [-0.1, -0.05) is 0 Å². The normalized spacial score (nSPS) is 16.5. The fourth-order valence-corrected chi connectivity index (χ4v) is 2.49. The lowest BCUT2D eigenvalue weighted by Crippen LogP contribution is -2.30. The Morgan fingerprint density at radius 1 is 1.53 bits per heavy atom. The second-order valence-electron chi connectivity index (χ2n) is 5.36. The molecule has 0 spiro atoms. The lowest BCUT2D eigenvalue weighted by atomic mass is 9.93. The number of nitrogens with zero attached hydrogens (tertiary/aromatic N) is 2. The Bertz CT molecular complexity index is 396. The van der Waals surface area contributed by atoms with Crippen molar-refractivity contribution in [1.29, 1.82) is 0 Å². The van der Waals surface area contributed by atoms with Crippen molar-refractivity contribution in [2.75, 3.05) is 19.6 Å². The van der Waals surface area contributed by atoms with Crippen molar-refractivity contribution >= 4 is 5.91 Å². The third-order valence-electron chi connectivity index (χ3n) is 3.66. The van der Waals surface area contributed by atoms with Crippen LogP contribution in [-0.2, 0) is 11.3 Å². The standard InChI is InChI=1S/C14H24N4O/c1-12-10-17-18(11-12)9-8-16-14(19)3-2-13-4-6-15-7-5-13/h10-11,13,15H,2-9H2,1H3,(H,16,19). The minimum Gasteiger partial charge on any atom is -0.354 e. The highest BCUT2D eigenvalue weighted by molar-refractivity contribution is 5.75. The van der Waals surface area contributed by atoms with Crippen LogP contribution in [-0.4, -0.2) is 35.3 Å². The van der Waals surface area contributed by atoms with Crippen LogP contribution in [0.4, 0.5) is 0 Å². The maximum absolute atomic E-state index is 11.7. The van der Waals surface area contributed by atoms with E-state index in [2.05, 4.69) is 15.7 Å². The van der Waals surface area contributed by atoms with Gasteiger partial charge in [0.25, 0.3) is 0 Å². The number of piperidine rings is 1. The average Bonchev–Trinajstić information content (AvgIpc) is 2.83. The van der Waals surface area contributed by atoms with Crippen LogP contribution in [0.1, 0.15) is 31.2 Å². The highest BCUT2D eigenvalue weighted by atomic mass is 16.1. The van der Waals surface area contributed by atoms with Crippen LogP contribution in [0, 0.1) is 12.8 Å². The van der Waals surface area contributed by atoms with Gasteiger partial charge in [-0.05, 0) is 50.8 Å². The molecule has 0 aromatic carbocycles. The van der Waals surface area contributed by atoms with E-state index in [1.54, 1.807) is 0 Å². The molecule has 1 aromatic heterocycles. The number of aryl methyl sites for hydroxylation is 1. The van der Waals surface area contributed by atoms with Crippen molar-refractivity contribution in [2.24, 2.45) is 5.92 Å². The van der Waals surface area contributed by atoms with Crippen molar-refractivity contribution in [2.45, 2.75) is 39.2 Å². The first-order valence-corrected chi connectivity index (χ1v) is 7.20. The van der Waals surface area contributed by atoms with Gasteiger partial charge in [0, 0.05) is 19.2 Å². The summed E-state index contributed by atoms with van der Waals surface area (Å²) in [5, 5.41) is 10.5. The molecular formula is C14H24N4O. The predicted molar refractivity (Wildman–Crippen MR) is 74.8 cm³/mol. The second kappa shape index (κ2) is 7.28. The number of nitrogens with one attached hydrogen (secondary N) is 2. The zero-order valence-corrected chi connectivity index (χ0v) is 11.7. The quantitative estimate of drug-likeness (QED) is 0.808. The van der Waals surface area contributed by atoms with Crippen molar-refractivity contribution < 1.29 is 4.79 Å². The maximum Gasteiger partial charge on any atom is 0.220 e. The lowest BCUT2D eigenvalue weighted by molar-refractivity contribution is -0.121. The molecule has 1 fully saturated rings. The molecule has 0 unspecified atom stereocenters. The van der Waals surface area contributed by atoms with Gasteiger partial charge in [0.2, 0.25) is 5.91 Å². The molecule has 1 aliphatic rings. The third-order valence-corrected chi connectivity index (χ3v) is 3.66. The molecule has 106 valence electrons. The van der Waals surface area contributed by atoms with Gasteiger partial charge in [-0.2, -0.15) is 5.10 Å². The Morgan fingerprint density at radius 3 is 3.00 bits per heavy atom. The van der Waals surface area contributed by atoms with E-state index in [1.165, 1.54) is 12.8 Å². The van der Waals surface area contributed by atoms with Gasteiger partial charge in [0.15, 0.2) is 0 Å². The first kappa shape index (κ1) is 14.1. The molecule has 1 aliphatic heterocycles. The number of aromatic nitrogens is 2. The fraction of sp³-hybridized carbons (Fsp3) is 0.714. The molecule has 0 radical (unpaired) electrons. The highest BCUT2D eigenvalue weighted by Gasteiger charge is 2.14. The molecule has 0 atom stereocenters. The van der Waals surface area contributed by atoms with Gasteiger partial charge in [0.05, 0.1) is 12.7 Å². The number of hydrogen-bond donors (Lipinski definition) is 2. The highest BCUT2D eigenvalue weighted by Crippen LogP contribution is 2.17. The van der Waals surface area contributed by atoms with E-state index in [9.17, 15) is 4.79 Å². The Kier molecular flexibility index (Phi) is 5.39. The summed E-state index contributed by atoms with van der Waals surface area (Å²) >= 11 is 0. The molecule has 2 N–H and O–H groups in total. The summed E-state index contributed by atoms with van der Waals surface area (Å²) in [6.45, 7) is 5.62. The molecule has 0 saturated carbocycles. The minimum absolute atomic E-state index is 0.169. The van der Waals surface area contributed by atoms with Crippen molar-refractivity contribution in [3.05, 3.63) is 18.0 Å². The molecule has 19 heavy (non-hydrogen) atoms. The summed E-state index contributed by atoms with van der Waals surface area (Å²) < 4.78 is 1.86. The molecule has 5 heteroatoms. The predicted octanol–water partition coefficient (Wildman–Crippen LogP) is 1.09. The third kappa shape index (κ3) is 5.03. The minimum atomic E-state index is 0.169.